The maximum absolute atomic E-state index is 15.9. The van der Waals surface area contributed by atoms with Crippen molar-refractivity contribution in [2.75, 3.05) is 25.6 Å². The molecule has 2 aromatic heterocycles. The molecular weight excluding hydrogens is 511 g/mol. The molecule has 0 saturated heterocycles. The summed E-state index contributed by atoms with van der Waals surface area (Å²) in [5, 5.41) is 15.1. The first kappa shape index (κ1) is 26.8. The van der Waals surface area contributed by atoms with Gasteiger partial charge in [0.05, 0.1) is 7.11 Å². The smallest absolute Gasteiger partial charge is 0.350 e. The minimum Gasteiger partial charge on any atom is -0.497 e. The molecule has 0 radical (unpaired) electrons. The number of nitrogens with one attached hydrogen (secondary N) is 3. The van der Waals surface area contributed by atoms with Crippen LogP contribution in [0.5, 0.6) is 11.5 Å². The van der Waals surface area contributed by atoms with E-state index in [1.165, 1.54) is 38.6 Å². The van der Waals surface area contributed by atoms with Gasteiger partial charge in [-0.3, -0.25) is 15.2 Å². The quantitative estimate of drug-likeness (QED) is 0.0956. The van der Waals surface area contributed by atoms with Crippen molar-refractivity contribution in [1.82, 2.24) is 24.7 Å². The number of aromatic amines is 1. The number of ether oxygens (including phenoxy) is 3. The van der Waals surface area contributed by atoms with Crippen molar-refractivity contribution in [3.05, 3.63) is 88.1 Å². The van der Waals surface area contributed by atoms with Crippen molar-refractivity contribution in [2.45, 2.75) is 13.0 Å². The number of carbonyl (C=O) groups excluding carboxylic acids is 1. The number of benzene rings is 2. The third kappa shape index (κ3) is 6.36. The predicted octanol–water partition coefficient (Wildman–Crippen LogP) is 1.93. The predicted molar refractivity (Wildman–Crippen MR) is 138 cm³/mol. The minimum absolute atomic E-state index is 0.0233. The van der Waals surface area contributed by atoms with E-state index in [1.54, 1.807) is 30.3 Å². The second-order valence-corrected chi connectivity index (χ2v) is 8.06. The third-order valence-electron chi connectivity index (χ3n) is 5.39. The summed E-state index contributed by atoms with van der Waals surface area (Å²) >= 11 is 0. The molecule has 14 heteroatoms. The van der Waals surface area contributed by atoms with E-state index >= 15 is 4.39 Å². The first-order valence-corrected chi connectivity index (χ1v) is 11.6. The van der Waals surface area contributed by atoms with Crippen LogP contribution in [0, 0.1) is 11.2 Å². The van der Waals surface area contributed by atoms with Crippen LogP contribution < -0.4 is 26.2 Å². The summed E-state index contributed by atoms with van der Waals surface area (Å²) in [6.07, 6.45) is 2.91. The summed E-state index contributed by atoms with van der Waals surface area (Å²) in [5.74, 6) is -1.20. The molecule has 4 aromatic rings. The highest BCUT2D eigenvalue weighted by Gasteiger charge is 2.27. The number of aromatic nitrogens is 5. The van der Waals surface area contributed by atoms with E-state index in [9.17, 15) is 9.59 Å². The molecule has 0 aliphatic heterocycles. The van der Waals surface area contributed by atoms with Crippen LogP contribution in [-0.4, -0.2) is 56.9 Å². The second-order valence-electron chi connectivity index (χ2n) is 8.06. The number of carbonyl (C=O) groups is 1. The van der Waals surface area contributed by atoms with Crippen molar-refractivity contribution in [3.63, 3.8) is 0 Å². The van der Waals surface area contributed by atoms with E-state index in [-0.39, 0.29) is 47.9 Å². The van der Waals surface area contributed by atoms with Crippen LogP contribution >= 0.6 is 0 Å². The summed E-state index contributed by atoms with van der Waals surface area (Å²) in [5.41, 5.74) is 5.94. The van der Waals surface area contributed by atoms with Gasteiger partial charge in [0, 0.05) is 42.2 Å². The van der Waals surface area contributed by atoms with E-state index in [2.05, 4.69) is 25.4 Å². The Hall–Kier alpha value is -5.27. The van der Waals surface area contributed by atoms with Gasteiger partial charge >= 0.3 is 11.7 Å². The molecule has 202 valence electrons. The summed E-state index contributed by atoms with van der Waals surface area (Å²) in [6.45, 7) is 1.06. The molecular formula is C25H25FN8O5. The van der Waals surface area contributed by atoms with Gasteiger partial charge < -0.3 is 25.3 Å². The van der Waals surface area contributed by atoms with E-state index in [0.717, 1.165) is 4.68 Å². The van der Waals surface area contributed by atoms with E-state index in [0.29, 0.717) is 11.3 Å². The Bertz CT molecular complexity index is 1520. The fourth-order valence-electron chi connectivity index (χ4n) is 3.58. The molecule has 0 unspecified atom stereocenters. The first-order chi connectivity index (χ1) is 18.8. The van der Waals surface area contributed by atoms with Gasteiger partial charge in [0.25, 0.3) is 5.95 Å². The number of amidine groups is 1. The molecule has 0 saturated carbocycles. The van der Waals surface area contributed by atoms with Gasteiger partial charge in [-0.2, -0.15) is 0 Å². The van der Waals surface area contributed by atoms with Gasteiger partial charge in [0.1, 0.15) is 30.8 Å². The van der Waals surface area contributed by atoms with Crippen LogP contribution in [0.4, 0.5) is 10.1 Å². The molecule has 4 rings (SSSR count). The summed E-state index contributed by atoms with van der Waals surface area (Å²) in [4.78, 5) is 34.5. The standard InChI is InChI=1S/C25H25FN8O5/c1-14(35)38-10-11-39-19-13-17(37-2)12-18(20(19)26)21(31-16-6-4-15(5-7-16)22(27)28)23-32-25(36)34(33-23)24-29-8-3-9-30-24/h3-9,12-13,21,31H,10-11H2,1-2H3,(H3,27,28)(H,32,33,36)/t21-/m0/s1. The van der Waals surface area contributed by atoms with Crippen molar-refractivity contribution in [2.24, 2.45) is 5.73 Å². The topological polar surface area (TPSA) is 183 Å². The van der Waals surface area contributed by atoms with E-state index < -0.39 is 23.5 Å². The lowest BCUT2D eigenvalue weighted by Crippen LogP contribution is -2.18. The van der Waals surface area contributed by atoms with Gasteiger partial charge in [-0.1, -0.05) is 0 Å². The number of anilines is 1. The van der Waals surface area contributed by atoms with Crippen LogP contribution in [0.15, 0.2) is 59.7 Å². The van der Waals surface area contributed by atoms with Crippen LogP contribution in [0.1, 0.15) is 29.9 Å². The maximum atomic E-state index is 15.9. The Balaban J connectivity index is 1.78. The van der Waals surface area contributed by atoms with Gasteiger partial charge in [-0.15, -0.1) is 9.78 Å². The molecule has 0 spiro atoms. The molecule has 39 heavy (non-hydrogen) atoms. The number of hydrogen-bond acceptors (Lipinski definition) is 10. The first-order valence-electron chi connectivity index (χ1n) is 11.6. The Kier molecular flexibility index (Phi) is 8.14. The summed E-state index contributed by atoms with van der Waals surface area (Å²) in [6, 6.07) is 9.85. The zero-order valence-corrected chi connectivity index (χ0v) is 21.0. The Morgan fingerprint density at radius 3 is 2.56 bits per heavy atom. The number of methoxy groups -OCH3 is 1. The lowest BCUT2D eigenvalue weighted by Gasteiger charge is -2.21. The molecule has 0 bridgehead atoms. The molecule has 0 fully saturated rings. The molecule has 5 N–H and O–H groups in total. The number of esters is 1. The van der Waals surface area contributed by atoms with E-state index in [1.807, 2.05) is 0 Å². The highest BCUT2D eigenvalue weighted by atomic mass is 19.1. The van der Waals surface area contributed by atoms with Gasteiger partial charge in [-0.05, 0) is 36.4 Å². The Morgan fingerprint density at radius 2 is 1.92 bits per heavy atom. The minimum atomic E-state index is -1.06. The number of H-pyrrole nitrogens is 1. The number of halogens is 1. The normalized spacial score (nSPS) is 11.5. The van der Waals surface area contributed by atoms with Crippen LogP contribution in [0.2, 0.25) is 0 Å². The summed E-state index contributed by atoms with van der Waals surface area (Å²) < 4.78 is 32.6. The Morgan fingerprint density at radius 1 is 1.21 bits per heavy atom. The average Bonchev–Trinajstić information content (AvgIpc) is 3.32. The van der Waals surface area contributed by atoms with Gasteiger partial charge in [-0.25, -0.2) is 19.2 Å². The zero-order valence-electron chi connectivity index (χ0n) is 21.0. The summed E-state index contributed by atoms with van der Waals surface area (Å²) in [7, 11) is 1.41. The van der Waals surface area contributed by atoms with E-state index in [4.69, 9.17) is 25.4 Å². The SMILES string of the molecule is COc1cc(OCCOC(C)=O)c(F)c([C@H](Nc2ccc(C(=N)N)cc2)c2nn(-c3ncccn3)c(=O)[nH]2)c1. The molecule has 2 aromatic carbocycles. The Labute approximate surface area is 221 Å². The lowest BCUT2D eigenvalue weighted by atomic mass is 10.0. The fraction of sp³-hybridized carbons (Fsp3) is 0.200. The van der Waals surface area contributed by atoms with Crippen molar-refractivity contribution in [3.8, 4) is 17.4 Å². The monoisotopic (exact) mass is 536 g/mol. The number of hydrogen-bond donors (Lipinski definition) is 4. The molecule has 2 heterocycles. The number of nitrogens with two attached hydrogens (primary N) is 1. The maximum Gasteiger partial charge on any atom is 0.350 e. The average molecular weight is 537 g/mol. The molecule has 0 aliphatic rings. The van der Waals surface area contributed by atoms with Gasteiger partial charge in [0.15, 0.2) is 17.4 Å². The number of rotatable bonds is 11. The van der Waals surface area contributed by atoms with Crippen LogP contribution in [0.25, 0.3) is 5.95 Å². The fourth-order valence-corrected chi connectivity index (χ4v) is 3.58. The van der Waals surface area contributed by atoms with Crippen molar-refractivity contribution >= 4 is 17.5 Å². The number of nitrogens with zero attached hydrogens (tertiary/aromatic N) is 4. The molecule has 13 nitrogen and oxygen atoms in total. The third-order valence-corrected chi connectivity index (χ3v) is 5.39. The molecule has 0 aliphatic carbocycles. The zero-order chi connectivity index (χ0) is 27.9. The molecule has 0 amide bonds. The highest BCUT2D eigenvalue weighted by Crippen LogP contribution is 2.35. The largest absolute Gasteiger partial charge is 0.497 e. The van der Waals surface area contributed by atoms with Crippen LogP contribution in [-0.2, 0) is 9.53 Å². The number of nitrogen functional groups attached to an aromatic ring is 1. The highest BCUT2D eigenvalue weighted by molar-refractivity contribution is 5.95. The van der Waals surface area contributed by atoms with Crippen molar-refractivity contribution < 1.29 is 23.4 Å². The van der Waals surface area contributed by atoms with Gasteiger partial charge in [0.2, 0.25) is 0 Å². The lowest BCUT2D eigenvalue weighted by molar-refractivity contribution is -0.141. The molecule has 1 atom stereocenters. The second kappa shape index (κ2) is 11.9. The van der Waals surface area contributed by atoms with Crippen LogP contribution in [0.3, 0.4) is 0 Å². The van der Waals surface area contributed by atoms with Crippen molar-refractivity contribution in [1.29, 1.82) is 5.41 Å².